The maximum Gasteiger partial charge on any atom is 0.149 e. The fourth-order valence-electron chi connectivity index (χ4n) is 1.97. The first-order valence-corrected chi connectivity index (χ1v) is 6.18. The van der Waals surface area contributed by atoms with Gasteiger partial charge in [-0.2, -0.15) is 0 Å². The van der Waals surface area contributed by atoms with E-state index in [1.807, 2.05) is 30.3 Å². The van der Waals surface area contributed by atoms with Gasteiger partial charge in [-0.1, -0.05) is 29.8 Å². The molecular formula is C15H10ClFN2. The molecule has 94 valence electrons. The van der Waals surface area contributed by atoms with E-state index < -0.39 is 0 Å². The predicted molar refractivity (Wildman–Crippen MR) is 76.4 cm³/mol. The summed E-state index contributed by atoms with van der Waals surface area (Å²) in [5.74, 6) is -0.327. The van der Waals surface area contributed by atoms with Gasteiger partial charge in [-0.05, 0) is 30.3 Å². The van der Waals surface area contributed by atoms with Crippen molar-refractivity contribution in [1.82, 2.24) is 4.98 Å². The largest absolute Gasteiger partial charge is 0.355 e. The Kier molecular flexibility index (Phi) is 3.05. The zero-order valence-electron chi connectivity index (χ0n) is 9.90. The van der Waals surface area contributed by atoms with Gasteiger partial charge in [0, 0.05) is 28.0 Å². The second-order valence-electron chi connectivity index (χ2n) is 4.13. The Bertz CT molecular complexity index is 743. The van der Waals surface area contributed by atoms with Gasteiger partial charge < -0.3 is 5.32 Å². The topological polar surface area (TPSA) is 24.9 Å². The van der Waals surface area contributed by atoms with Gasteiger partial charge in [-0.15, -0.1) is 0 Å². The van der Waals surface area contributed by atoms with Crippen molar-refractivity contribution in [1.29, 1.82) is 0 Å². The number of aromatic nitrogens is 1. The monoisotopic (exact) mass is 272 g/mol. The third kappa shape index (κ3) is 2.37. The van der Waals surface area contributed by atoms with Gasteiger partial charge in [0.2, 0.25) is 0 Å². The first-order chi connectivity index (χ1) is 9.24. The lowest BCUT2D eigenvalue weighted by Gasteiger charge is -2.09. The highest BCUT2D eigenvalue weighted by Gasteiger charge is 2.06. The van der Waals surface area contributed by atoms with Gasteiger partial charge in [0.25, 0.3) is 0 Å². The molecule has 4 heteroatoms. The summed E-state index contributed by atoms with van der Waals surface area (Å²) in [7, 11) is 0. The standard InChI is InChI=1S/C15H10ClFN2/c16-10-3-1-4-11(9-10)19-14-7-8-18-15-12(14)5-2-6-13(15)17/h1-9H,(H,18,19). The molecule has 0 aliphatic carbocycles. The lowest BCUT2D eigenvalue weighted by atomic mass is 10.1. The van der Waals surface area contributed by atoms with Gasteiger partial charge in [0.1, 0.15) is 11.3 Å². The molecule has 2 aromatic carbocycles. The molecule has 0 atom stereocenters. The highest BCUT2D eigenvalue weighted by Crippen LogP contribution is 2.27. The summed E-state index contributed by atoms with van der Waals surface area (Å²) in [5.41, 5.74) is 2.01. The van der Waals surface area contributed by atoms with Crippen molar-refractivity contribution in [3.05, 3.63) is 65.6 Å². The van der Waals surface area contributed by atoms with Crippen molar-refractivity contribution in [2.45, 2.75) is 0 Å². The van der Waals surface area contributed by atoms with E-state index in [2.05, 4.69) is 10.3 Å². The molecule has 0 aliphatic rings. The second kappa shape index (κ2) is 4.86. The van der Waals surface area contributed by atoms with Crippen LogP contribution in [0.15, 0.2) is 54.7 Å². The Morgan fingerprint density at radius 2 is 1.89 bits per heavy atom. The molecule has 0 bridgehead atoms. The lowest BCUT2D eigenvalue weighted by Crippen LogP contribution is -1.93. The number of rotatable bonds is 2. The van der Waals surface area contributed by atoms with Crippen molar-refractivity contribution in [3.8, 4) is 0 Å². The molecule has 2 nitrogen and oxygen atoms in total. The molecule has 0 spiro atoms. The van der Waals surface area contributed by atoms with Crippen LogP contribution in [-0.2, 0) is 0 Å². The van der Waals surface area contributed by atoms with E-state index >= 15 is 0 Å². The minimum atomic E-state index is -0.327. The van der Waals surface area contributed by atoms with E-state index in [0.717, 1.165) is 16.8 Å². The average molecular weight is 273 g/mol. The number of hydrogen-bond donors (Lipinski definition) is 1. The van der Waals surface area contributed by atoms with Crippen LogP contribution in [0.3, 0.4) is 0 Å². The van der Waals surface area contributed by atoms with Crippen LogP contribution in [0.2, 0.25) is 5.02 Å². The maximum atomic E-state index is 13.7. The van der Waals surface area contributed by atoms with E-state index in [4.69, 9.17) is 11.6 Å². The summed E-state index contributed by atoms with van der Waals surface area (Å²) in [6.45, 7) is 0. The number of fused-ring (bicyclic) bond motifs is 1. The minimum Gasteiger partial charge on any atom is -0.355 e. The van der Waals surface area contributed by atoms with Crippen molar-refractivity contribution in [2.75, 3.05) is 5.32 Å². The fraction of sp³-hybridized carbons (Fsp3) is 0. The molecule has 0 amide bonds. The van der Waals surface area contributed by atoms with Crippen LogP contribution in [0.5, 0.6) is 0 Å². The third-order valence-electron chi connectivity index (χ3n) is 2.83. The highest BCUT2D eigenvalue weighted by molar-refractivity contribution is 6.30. The number of hydrogen-bond acceptors (Lipinski definition) is 2. The zero-order chi connectivity index (χ0) is 13.2. The first-order valence-electron chi connectivity index (χ1n) is 5.80. The number of nitrogens with one attached hydrogen (secondary N) is 1. The van der Waals surface area contributed by atoms with Crippen LogP contribution in [0, 0.1) is 5.82 Å². The minimum absolute atomic E-state index is 0.327. The molecular weight excluding hydrogens is 263 g/mol. The van der Waals surface area contributed by atoms with E-state index in [1.165, 1.54) is 6.07 Å². The number of benzene rings is 2. The molecule has 0 saturated heterocycles. The molecule has 1 heterocycles. The zero-order valence-corrected chi connectivity index (χ0v) is 10.7. The van der Waals surface area contributed by atoms with Crippen molar-refractivity contribution < 1.29 is 4.39 Å². The number of halogens is 2. The number of pyridine rings is 1. The van der Waals surface area contributed by atoms with E-state index in [9.17, 15) is 4.39 Å². The Morgan fingerprint density at radius 3 is 2.74 bits per heavy atom. The smallest absolute Gasteiger partial charge is 0.149 e. The van der Waals surface area contributed by atoms with Crippen LogP contribution >= 0.6 is 11.6 Å². The van der Waals surface area contributed by atoms with E-state index in [-0.39, 0.29) is 5.82 Å². The van der Waals surface area contributed by atoms with Gasteiger partial charge in [-0.25, -0.2) is 4.39 Å². The normalized spacial score (nSPS) is 10.6. The molecule has 3 rings (SSSR count). The SMILES string of the molecule is Fc1cccc2c(Nc3cccc(Cl)c3)ccnc12. The fourth-order valence-corrected chi connectivity index (χ4v) is 2.16. The van der Waals surface area contributed by atoms with Crippen molar-refractivity contribution >= 4 is 33.9 Å². The van der Waals surface area contributed by atoms with Crippen LogP contribution < -0.4 is 5.32 Å². The Hall–Kier alpha value is -2.13. The van der Waals surface area contributed by atoms with Gasteiger partial charge in [0.05, 0.1) is 0 Å². The Balaban J connectivity index is 2.08. The average Bonchev–Trinajstić information content (AvgIpc) is 2.40. The molecule has 1 N–H and O–H groups in total. The summed E-state index contributed by atoms with van der Waals surface area (Å²) in [4.78, 5) is 4.06. The Labute approximate surface area is 114 Å². The van der Waals surface area contributed by atoms with Crippen LogP contribution in [-0.4, -0.2) is 4.98 Å². The van der Waals surface area contributed by atoms with Gasteiger partial charge in [0.15, 0.2) is 0 Å². The van der Waals surface area contributed by atoms with Crippen molar-refractivity contribution in [3.63, 3.8) is 0 Å². The summed E-state index contributed by atoms with van der Waals surface area (Å²) in [5, 5.41) is 4.61. The summed E-state index contributed by atoms with van der Waals surface area (Å²) in [6, 6.07) is 14.1. The third-order valence-corrected chi connectivity index (χ3v) is 3.06. The van der Waals surface area contributed by atoms with Gasteiger partial charge in [-0.3, -0.25) is 4.98 Å². The molecule has 0 fully saturated rings. The quantitative estimate of drug-likeness (QED) is 0.727. The molecule has 0 aliphatic heterocycles. The maximum absolute atomic E-state index is 13.7. The number of nitrogens with zero attached hydrogens (tertiary/aromatic N) is 1. The van der Waals surface area contributed by atoms with Crippen molar-refractivity contribution in [2.24, 2.45) is 0 Å². The van der Waals surface area contributed by atoms with Crippen LogP contribution in [0.1, 0.15) is 0 Å². The molecule has 1 aromatic heterocycles. The van der Waals surface area contributed by atoms with E-state index in [1.54, 1.807) is 18.3 Å². The summed E-state index contributed by atoms with van der Waals surface area (Å²) in [6.07, 6.45) is 1.58. The number of para-hydroxylation sites is 1. The van der Waals surface area contributed by atoms with E-state index in [0.29, 0.717) is 10.5 Å². The molecule has 0 unspecified atom stereocenters. The molecule has 3 aromatic rings. The Morgan fingerprint density at radius 1 is 1.05 bits per heavy atom. The highest BCUT2D eigenvalue weighted by atomic mass is 35.5. The van der Waals surface area contributed by atoms with Crippen LogP contribution in [0.25, 0.3) is 10.9 Å². The first kappa shape index (κ1) is 11.9. The molecule has 19 heavy (non-hydrogen) atoms. The summed E-state index contributed by atoms with van der Waals surface area (Å²) >= 11 is 5.94. The summed E-state index contributed by atoms with van der Waals surface area (Å²) < 4.78 is 13.7. The van der Waals surface area contributed by atoms with Gasteiger partial charge >= 0.3 is 0 Å². The second-order valence-corrected chi connectivity index (χ2v) is 4.57. The van der Waals surface area contributed by atoms with Crippen LogP contribution in [0.4, 0.5) is 15.8 Å². The predicted octanol–water partition coefficient (Wildman–Crippen LogP) is 4.77. The molecule has 0 radical (unpaired) electrons. The lowest BCUT2D eigenvalue weighted by molar-refractivity contribution is 0.637. The molecule has 0 saturated carbocycles. The number of anilines is 2.